The highest BCUT2D eigenvalue weighted by atomic mass is 19.4. The number of benzene rings is 2. The molecule has 12 heteroatoms. The number of carbonyl (C=O) groups excluding carboxylic acids is 1. The fraction of sp³-hybridized carbons (Fsp3) is 0.357. The summed E-state index contributed by atoms with van der Waals surface area (Å²) in [7, 11) is 5.10. The van der Waals surface area contributed by atoms with Gasteiger partial charge in [-0.15, -0.1) is 0 Å². The molecule has 2 N–H and O–H groups in total. The van der Waals surface area contributed by atoms with Gasteiger partial charge in [0.05, 0.1) is 24.3 Å². The maximum atomic E-state index is 13.4. The number of aromatic nitrogens is 4. The Hall–Kier alpha value is -4.19. The summed E-state index contributed by atoms with van der Waals surface area (Å²) in [4.78, 5) is 25.0. The standard InChI is InChI=1S/C28H30F3N7O2/c1-16-5-6-18(27(39)33-19-7-8-23(40-4)21(14-19)28(29,30)31)13-22(16)34-25-20-15-32-38(3)26(20)36-24(35-25)17-9-11-37(2)12-10-17/h5-8,13-15,17H,9-12H2,1-4H3,(H,33,39)(H,34,35,36). The Morgan fingerprint density at radius 3 is 2.52 bits per heavy atom. The molecule has 1 saturated heterocycles. The molecule has 2 aromatic carbocycles. The Kier molecular flexibility index (Phi) is 7.37. The van der Waals surface area contributed by atoms with Gasteiger partial charge in [-0.1, -0.05) is 6.07 Å². The van der Waals surface area contributed by atoms with E-state index in [-0.39, 0.29) is 22.9 Å². The Morgan fingerprint density at radius 2 is 1.82 bits per heavy atom. The average molecular weight is 554 g/mol. The number of piperidine rings is 1. The molecule has 210 valence electrons. The minimum Gasteiger partial charge on any atom is -0.496 e. The van der Waals surface area contributed by atoms with Crippen LogP contribution in [0.1, 0.15) is 46.1 Å². The molecule has 1 fully saturated rings. The van der Waals surface area contributed by atoms with Gasteiger partial charge in [0.25, 0.3) is 5.91 Å². The van der Waals surface area contributed by atoms with E-state index in [4.69, 9.17) is 14.7 Å². The third-order valence-electron chi connectivity index (χ3n) is 7.21. The van der Waals surface area contributed by atoms with Crippen molar-refractivity contribution in [3.05, 3.63) is 65.1 Å². The summed E-state index contributed by atoms with van der Waals surface area (Å²) in [6.07, 6.45) is -1.02. The lowest BCUT2D eigenvalue weighted by molar-refractivity contribution is -0.138. The van der Waals surface area contributed by atoms with Gasteiger partial charge in [-0.3, -0.25) is 9.48 Å². The lowest BCUT2D eigenvalue weighted by Crippen LogP contribution is -2.30. The molecule has 0 spiro atoms. The second-order valence-electron chi connectivity index (χ2n) is 10.0. The molecule has 9 nitrogen and oxygen atoms in total. The van der Waals surface area contributed by atoms with Crippen LogP contribution in [-0.4, -0.2) is 57.8 Å². The molecule has 0 atom stereocenters. The van der Waals surface area contributed by atoms with Crippen molar-refractivity contribution < 1.29 is 22.7 Å². The number of fused-ring (bicyclic) bond motifs is 1. The van der Waals surface area contributed by atoms with Gasteiger partial charge < -0.3 is 20.3 Å². The minimum absolute atomic E-state index is 0.00356. The van der Waals surface area contributed by atoms with Crippen LogP contribution in [0.15, 0.2) is 42.6 Å². The van der Waals surface area contributed by atoms with Crippen molar-refractivity contribution >= 4 is 34.1 Å². The molecule has 2 aromatic heterocycles. The van der Waals surface area contributed by atoms with Gasteiger partial charge in [-0.2, -0.15) is 18.3 Å². The molecule has 1 amide bonds. The molecule has 1 aliphatic heterocycles. The van der Waals surface area contributed by atoms with E-state index in [2.05, 4.69) is 27.7 Å². The van der Waals surface area contributed by atoms with E-state index in [9.17, 15) is 18.0 Å². The van der Waals surface area contributed by atoms with Crippen molar-refractivity contribution in [2.45, 2.75) is 31.9 Å². The topological polar surface area (TPSA) is 97.2 Å². The molecule has 0 radical (unpaired) electrons. The number of amides is 1. The maximum absolute atomic E-state index is 13.4. The molecule has 40 heavy (non-hydrogen) atoms. The van der Waals surface area contributed by atoms with Crippen molar-refractivity contribution in [3.63, 3.8) is 0 Å². The van der Waals surface area contributed by atoms with Crippen molar-refractivity contribution in [1.29, 1.82) is 0 Å². The Balaban J connectivity index is 1.43. The van der Waals surface area contributed by atoms with E-state index in [1.165, 1.54) is 12.1 Å². The third kappa shape index (κ3) is 5.57. The van der Waals surface area contributed by atoms with Crippen LogP contribution < -0.4 is 15.4 Å². The largest absolute Gasteiger partial charge is 0.496 e. The second kappa shape index (κ2) is 10.8. The molecule has 3 heterocycles. The first-order valence-electron chi connectivity index (χ1n) is 12.9. The van der Waals surface area contributed by atoms with Crippen LogP contribution in [0.2, 0.25) is 0 Å². The third-order valence-corrected chi connectivity index (χ3v) is 7.21. The number of methoxy groups -OCH3 is 1. The lowest BCUT2D eigenvalue weighted by Gasteiger charge is -2.28. The summed E-state index contributed by atoms with van der Waals surface area (Å²) in [5.41, 5.74) is 1.50. The normalized spacial score (nSPS) is 14.9. The van der Waals surface area contributed by atoms with Gasteiger partial charge in [0.15, 0.2) is 5.65 Å². The highest BCUT2D eigenvalue weighted by Crippen LogP contribution is 2.38. The first kappa shape index (κ1) is 27.4. The van der Waals surface area contributed by atoms with Crippen LogP contribution in [0.25, 0.3) is 11.0 Å². The summed E-state index contributed by atoms with van der Waals surface area (Å²) < 4.78 is 46.8. The Morgan fingerprint density at radius 1 is 1.07 bits per heavy atom. The zero-order valence-electron chi connectivity index (χ0n) is 22.6. The van der Waals surface area contributed by atoms with Crippen LogP contribution in [0.5, 0.6) is 5.75 Å². The number of likely N-dealkylation sites (tertiary alicyclic amines) is 1. The summed E-state index contributed by atoms with van der Waals surface area (Å²) in [6, 6.07) is 8.44. The van der Waals surface area contributed by atoms with E-state index >= 15 is 0 Å². The minimum atomic E-state index is -4.63. The van der Waals surface area contributed by atoms with Gasteiger partial charge in [-0.05, 0) is 75.8 Å². The average Bonchev–Trinajstić information content (AvgIpc) is 3.30. The molecule has 0 bridgehead atoms. The van der Waals surface area contributed by atoms with Gasteiger partial charge >= 0.3 is 6.18 Å². The summed E-state index contributed by atoms with van der Waals surface area (Å²) in [5.74, 6) is 0.678. The number of carbonyl (C=O) groups is 1. The van der Waals surface area contributed by atoms with E-state index in [0.717, 1.165) is 55.9 Å². The van der Waals surface area contributed by atoms with Crippen molar-refractivity contribution in [2.24, 2.45) is 7.05 Å². The first-order chi connectivity index (χ1) is 19.0. The fourth-order valence-corrected chi connectivity index (χ4v) is 4.82. The molecule has 0 aliphatic carbocycles. The van der Waals surface area contributed by atoms with Crippen LogP contribution in [0, 0.1) is 6.92 Å². The monoisotopic (exact) mass is 553 g/mol. The zero-order valence-corrected chi connectivity index (χ0v) is 22.6. The summed E-state index contributed by atoms with van der Waals surface area (Å²) in [5, 5.41) is 11.0. The number of hydrogen-bond donors (Lipinski definition) is 2. The highest BCUT2D eigenvalue weighted by Gasteiger charge is 2.34. The molecular formula is C28H30F3N7O2. The van der Waals surface area contributed by atoms with Crippen molar-refractivity contribution in [3.8, 4) is 5.75 Å². The molecule has 4 aromatic rings. The molecule has 0 unspecified atom stereocenters. The molecular weight excluding hydrogens is 523 g/mol. The predicted molar refractivity (Wildman–Crippen MR) is 146 cm³/mol. The fourth-order valence-electron chi connectivity index (χ4n) is 4.82. The van der Waals surface area contributed by atoms with E-state index in [0.29, 0.717) is 17.2 Å². The van der Waals surface area contributed by atoms with Gasteiger partial charge in [0, 0.05) is 29.9 Å². The lowest BCUT2D eigenvalue weighted by atomic mass is 9.96. The second-order valence-corrected chi connectivity index (χ2v) is 10.0. The SMILES string of the molecule is COc1ccc(NC(=O)c2ccc(C)c(Nc3nc(C4CCN(C)CC4)nc4c3cnn4C)c2)cc1C(F)(F)F. The number of hydrogen-bond acceptors (Lipinski definition) is 7. The van der Waals surface area contributed by atoms with Gasteiger partial charge in [0.2, 0.25) is 0 Å². The number of halogens is 3. The molecule has 1 aliphatic rings. The van der Waals surface area contributed by atoms with Crippen LogP contribution in [0.4, 0.5) is 30.4 Å². The predicted octanol–water partition coefficient (Wildman–Crippen LogP) is 5.50. The van der Waals surface area contributed by atoms with Gasteiger partial charge in [-0.25, -0.2) is 9.97 Å². The number of ether oxygens (including phenoxy) is 1. The van der Waals surface area contributed by atoms with Gasteiger partial charge in [0.1, 0.15) is 17.4 Å². The van der Waals surface area contributed by atoms with Crippen molar-refractivity contribution in [2.75, 3.05) is 37.9 Å². The van der Waals surface area contributed by atoms with Crippen LogP contribution in [0.3, 0.4) is 0 Å². The highest BCUT2D eigenvalue weighted by molar-refractivity contribution is 6.05. The quantitative estimate of drug-likeness (QED) is 0.325. The number of nitrogens with one attached hydrogen (secondary N) is 2. The first-order valence-corrected chi connectivity index (χ1v) is 12.9. The number of rotatable bonds is 6. The number of alkyl halides is 3. The van der Waals surface area contributed by atoms with E-state index < -0.39 is 17.6 Å². The maximum Gasteiger partial charge on any atom is 0.420 e. The zero-order chi connectivity index (χ0) is 28.6. The van der Waals surface area contributed by atoms with E-state index in [1.807, 2.05) is 14.0 Å². The van der Waals surface area contributed by atoms with Crippen LogP contribution in [-0.2, 0) is 13.2 Å². The number of nitrogens with zero attached hydrogens (tertiary/aromatic N) is 5. The van der Waals surface area contributed by atoms with Crippen LogP contribution >= 0.6 is 0 Å². The molecule has 0 saturated carbocycles. The number of aryl methyl sites for hydroxylation is 2. The summed E-state index contributed by atoms with van der Waals surface area (Å²) in [6.45, 7) is 3.83. The Bertz CT molecular complexity index is 1560. The number of anilines is 3. The molecule has 5 rings (SSSR count). The smallest absolute Gasteiger partial charge is 0.420 e. The summed E-state index contributed by atoms with van der Waals surface area (Å²) >= 11 is 0. The van der Waals surface area contributed by atoms with E-state index in [1.54, 1.807) is 29.1 Å². The Labute approximate surface area is 229 Å². The van der Waals surface area contributed by atoms with Crippen molar-refractivity contribution in [1.82, 2.24) is 24.6 Å².